The van der Waals surface area contributed by atoms with E-state index in [2.05, 4.69) is 28.9 Å². The molecule has 3 heterocycles. The van der Waals surface area contributed by atoms with E-state index in [-0.39, 0.29) is 70.7 Å². The van der Waals surface area contributed by atoms with Crippen LogP contribution < -0.4 is 16.0 Å². The Morgan fingerprint density at radius 1 is 1.15 bits per heavy atom. The molecule has 0 bridgehead atoms. The molecular formula is C28H42ClF2N5O3S. The predicted octanol–water partition coefficient (Wildman–Crippen LogP) is 3.16. The summed E-state index contributed by atoms with van der Waals surface area (Å²) in [6.45, 7) is 3.87. The van der Waals surface area contributed by atoms with Crippen molar-refractivity contribution in [2.24, 2.45) is 35.5 Å². The summed E-state index contributed by atoms with van der Waals surface area (Å²) in [6.07, 6.45) is 2.00. The molecule has 3 saturated heterocycles. The van der Waals surface area contributed by atoms with Crippen LogP contribution in [0.15, 0.2) is 0 Å². The van der Waals surface area contributed by atoms with Gasteiger partial charge in [0, 0.05) is 67.2 Å². The van der Waals surface area contributed by atoms with Crippen LogP contribution in [0.5, 0.6) is 0 Å². The fourth-order valence-electron chi connectivity index (χ4n) is 7.81. The molecule has 224 valence electrons. The standard InChI is InChI=1S/C28H42ClF2N5O3S/c1-14-7-18(19-8-15(10-32)3-6-23(19)39-2)20(11-33-14)26(37)35-28-34-22-12-36(13-24(22)40-28)27(38)16-4-5-17(25(30)31)21(29)9-16/h14-25,28,33-34H,3-9,11-13H2,1-2H3,(H,35,37). The van der Waals surface area contributed by atoms with Gasteiger partial charge >= 0.3 is 0 Å². The lowest BCUT2D eigenvalue weighted by Gasteiger charge is -2.44. The van der Waals surface area contributed by atoms with Crippen LogP contribution in [-0.2, 0) is 14.3 Å². The Kier molecular flexibility index (Phi) is 9.83. The third kappa shape index (κ3) is 6.41. The van der Waals surface area contributed by atoms with Crippen molar-refractivity contribution >= 4 is 35.2 Å². The molecule has 0 radical (unpaired) electrons. The summed E-state index contributed by atoms with van der Waals surface area (Å²) >= 11 is 7.86. The van der Waals surface area contributed by atoms with Gasteiger partial charge < -0.3 is 20.3 Å². The average molecular weight is 602 g/mol. The fraction of sp³-hybridized carbons (Fsp3) is 0.893. The number of ether oxygens (including phenoxy) is 1. The molecule has 3 N–H and O–H groups in total. The molecule has 5 fully saturated rings. The molecule has 40 heavy (non-hydrogen) atoms. The second kappa shape index (κ2) is 13.0. The molecule has 0 aromatic rings. The van der Waals surface area contributed by atoms with Crippen molar-refractivity contribution in [2.45, 2.75) is 92.6 Å². The van der Waals surface area contributed by atoms with E-state index in [9.17, 15) is 23.6 Å². The topological polar surface area (TPSA) is 106 Å². The van der Waals surface area contributed by atoms with Crippen molar-refractivity contribution in [2.75, 3.05) is 26.7 Å². The summed E-state index contributed by atoms with van der Waals surface area (Å²) < 4.78 is 32.2. The van der Waals surface area contributed by atoms with E-state index < -0.39 is 17.7 Å². The van der Waals surface area contributed by atoms with Crippen molar-refractivity contribution in [3.63, 3.8) is 0 Å². The molecule has 12 unspecified atom stereocenters. The summed E-state index contributed by atoms with van der Waals surface area (Å²) in [4.78, 5) is 28.6. The monoisotopic (exact) mass is 601 g/mol. The van der Waals surface area contributed by atoms with E-state index in [0.29, 0.717) is 38.5 Å². The highest BCUT2D eigenvalue weighted by atomic mass is 35.5. The number of nitriles is 1. The van der Waals surface area contributed by atoms with Crippen LogP contribution in [0.4, 0.5) is 8.78 Å². The number of hydrogen-bond acceptors (Lipinski definition) is 7. The number of rotatable bonds is 6. The van der Waals surface area contributed by atoms with E-state index in [1.807, 2.05) is 4.90 Å². The fourth-order valence-corrected chi connectivity index (χ4v) is 9.67. The van der Waals surface area contributed by atoms with Crippen LogP contribution in [0, 0.1) is 46.8 Å². The Bertz CT molecular complexity index is 961. The van der Waals surface area contributed by atoms with E-state index in [4.69, 9.17) is 16.3 Å². The molecule has 2 amide bonds. The SMILES string of the molecule is COC1CCC(C#N)CC1C1CC(C)NCC1C(=O)NC1NC2CN(C(=O)C3CCC(C(F)F)C(Cl)C3)CC2S1. The number of halogens is 3. The number of nitrogens with one attached hydrogen (secondary N) is 3. The van der Waals surface area contributed by atoms with E-state index in [1.54, 1.807) is 18.9 Å². The number of alkyl halides is 3. The minimum Gasteiger partial charge on any atom is -0.381 e. The minimum atomic E-state index is -2.45. The third-order valence-electron chi connectivity index (χ3n) is 10.1. The number of piperidine rings is 1. The van der Waals surface area contributed by atoms with Gasteiger partial charge in [-0.15, -0.1) is 23.4 Å². The van der Waals surface area contributed by atoms with Crippen LogP contribution in [0.1, 0.15) is 51.9 Å². The maximum atomic E-state index is 13.6. The van der Waals surface area contributed by atoms with Crippen molar-refractivity contribution in [1.82, 2.24) is 20.9 Å². The predicted molar refractivity (Wildman–Crippen MR) is 150 cm³/mol. The Balaban J connectivity index is 1.15. The lowest BCUT2D eigenvalue weighted by atomic mass is 9.66. The third-order valence-corrected chi connectivity index (χ3v) is 11.9. The maximum Gasteiger partial charge on any atom is 0.242 e. The van der Waals surface area contributed by atoms with Crippen molar-refractivity contribution < 1.29 is 23.1 Å². The van der Waals surface area contributed by atoms with E-state index in [1.165, 1.54) is 0 Å². The van der Waals surface area contributed by atoms with Gasteiger partial charge in [-0.3, -0.25) is 14.9 Å². The second-order valence-electron chi connectivity index (χ2n) is 12.5. The smallest absolute Gasteiger partial charge is 0.242 e. The molecule has 3 aliphatic heterocycles. The van der Waals surface area contributed by atoms with Gasteiger partial charge in [0.1, 0.15) is 5.50 Å². The number of amides is 2. The normalized spacial score (nSPS) is 43.8. The molecule has 12 atom stereocenters. The van der Waals surface area contributed by atoms with Crippen molar-refractivity contribution in [3.05, 3.63) is 0 Å². The van der Waals surface area contributed by atoms with E-state index in [0.717, 1.165) is 25.7 Å². The zero-order valence-corrected chi connectivity index (χ0v) is 24.8. The van der Waals surface area contributed by atoms with Gasteiger partial charge in [0.25, 0.3) is 0 Å². The summed E-state index contributed by atoms with van der Waals surface area (Å²) in [6, 6.07) is 2.81. The van der Waals surface area contributed by atoms with Crippen LogP contribution >= 0.6 is 23.4 Å². The zero-order valence-electron chi connectivity index (χ0n) is 23.2. The molecule has 8 nitrogen and oxygen atoms in total. The van der Waals surface area contributed by atoms with Crippen LogP contribution in [0.25, 0.3) is 0 Å². The summed E-state index contributed by atoms with van der Waals surface area (Å²) in [5.74, 6) is -0.986. The highest BCUT2D eigenvalue weighted by Crippen LogP contribution is 2.43. The number of fused-ring (bicyclic) bond motifs is 1. The first-order valence-corrected chi connectivity index (χ1v) is 16.1. The molecule has 0 aromatic heterocycles. The first-order chi connectivity index (χ1) is 19.2. The largest absolute Gasteiger partial charge is 0.381 e. The summed E-state index contributed by atoms with van der Waals surface area (Å²) in [7, 11) is 1.73. The number of carbonyl (C=O) groups is 2. The second-order valence-corrected chi connectivity index (χ2v) is 14.4. The molecule has 5 aliphatic rings. The Morgan fingerprint density at radius 2 is 1.95 bits per heavy atom. The Morgan fingerprint density at radius 3 is 2.62 bits per heavy atom. The van der Waals surface area contributed by atoms with Crippen molar-refractivity contribution in [3.8, 4) is 6.07 Å². The van der Waals surface area contributed by atoms with Gasteiger partial charge in [0.05, 0.1) is 18.1 Å². The summed E-state index contributed by atoms with van der Waals surface area (Å²) in [5.41, 5.74) is -0.232. The lowest BCUT2D eigenvalue weighted by molar-refractivity contribution is -0.136. The number of hydrogen-bond donors (Lipinski definition) is 3. The molecule has 2 saturated carbocycles. The van der Waals surface area contributed by atoms with Crippen LogP contribution in [-0.4, -0.2) is 84.2 Å². The number of carbonyl (C=O) groups excluding carboxylic acids is 2. The van der Waals surface area contributed by atoms with Gasteiger partial charge in [-0.1, -0.05) is 0 Å². The van der Waals surface area contributed by atoms with E-state index >= 15 is 0 Å². The molecule has 0 spiro atoms. The highest BCUT2D eigenvalue weighted by Gasteiger charge is 2.48. The van der Waals surface area contributed by atoms with Gasteiger partial charge in [-0.25, -0.2) is 8.78 Å². The Hall–Kier alpha value is -1.19. The van der Waals surface area contributed by atoms with Gasteiger partial charge in [0.2, 0.25) is 18.2 Å². The van der Waals surface area contributed by atoms with Gasteiger partial charge in [-0.05, 0) is 63.7 Å². The number of methoxy groups -OCH3 is 1. The molecule has 0 aromatic carbocycles. The summed E-state index contributed by atoms with van der Waals surface area (Å²) in [5, 5.41) is 19.3. The Labute approximate surface area is 245 Å². The number of likely N-dealkylation sites (tertiary alicyclic amines) is 1. The van der Waals surface area contributed by atoms with Gasteiger partial charge in [0.15, 0.2) is 0 Å². The highest BCUT2D eigenvalue weighted by molar-refractivity contribution is 8.00. The number of thioether (sulfide) groups is 1. The first-order valence-electron chi connectivity index (χ1n) is 14.8. The van der Waals surface area contributed by atoms with Crippen LogP contribution in [0.3, 0.4) is 0 Å². The molecule has 12 heteroatoms. The quantitative estimate of drug-likeness (QED) is 0.402. The molecular weight excluding hydrogens is 560 g/mol. The minimum absolute atomic E-state index is 0.0110. The number of nitrogens with zero attached hydrogens (tertiary/aromatic N) is 2. The van der Waals surface area contributed by atoms with Crippen molar-refractivity contribution in [1.29, 1.82) is 5.26 Å². The molecule has 2 aliphatic carbocycles. The zero-order chi connectivity index (χ0) is 28.6. The van der Waals surface area contributed by atoms with Gasteiger partial charge in [-0.2, -0.15) is 5.26 Å². The average Bonchev–Trinajstić information content (AvgIpc) is 3.50. The lowest BCUT2D eigenvalue weighted by Crippen LogP contribution is -2.55. The maximum absolute atomic E-state index is 13.6. The van der Waals surface area contributed by atoms with Crippen LogP contribution in [0.2, 0.25) is 0 Å². The molecule has 5 rings (SSSR count). The first kappa shape index (κ1) is 30.3.